The van der Waals surface area contributed by atoms with Gasteiger partial charge in [-0.1, -0.05) is 26.8 Å². The van der Waals surface area contributed by atoms with Gasteiger partial charge >= 0.3 is 0 Å². The number of aromatic nitrogens is 3. The Labute approximate surface area is 121 Å². The fourth-order valence-corrected chi connectivity index (χ4v) is 2.09. The number of hydrogen-bond donors (Lipinski definition) is 1. The maximum atomic E-state index is 4.54. The monoisotopic (exact) mass is 272 g/mol. The molecule has 0 bridgehead atoms. The second kappa shape index (κ2) is 7.20. The zero-order chi connectivity index (χ0) is 14.4. The molecule has 0 unspecified atom stereocenters. The minimum Gasteiger partial charge on any atom is -0.329 e. The topological polar surface area (TPSA) is 42.7 Å². The van der Waals surface area contributed by atoms with Crippen LogP contribution in [-0.2, 0) is 19.5 Å². The third kappa shape index (κ3) is 4.17. The lowest BCUT2D eigenvalue weighted by atomic mass is 10.2. The predicted octanol–water partition coefficient (Wildman–Crippen LogP) is 2.78. The molecule has 4 heteroatoms. The van der Waals surface area contributed by atoms with Crippen LogP contribution in [0.25, 0.3) is 0 Å². The summed E-state index contributed by atoms with van der Waals surface area (Å²) < 4.78 is 2.18. The summed E-state index contributed by atoms with van der Waals surface area (Å²) in [5, 5.41) is 3.40. The molecule has 1 N–H and O–H groups in total. The van der Waals surface area contributed by atoms with Gasteiger partial charge in [-0.25, -0.2) is 4.98 Å². The molecule has 0 radical (unpaired) electrons. The van der Waals surface area contributed by atoms with Gasteiger partial charge in [0.1, 0.15) is 5.82 Å². The van der Waals surface area contributed by atoms with E-state index in [0.717, 1.165) is 37.4 Å². The van der Waals surface area contributed by atoms with Crippen LogP contribution in [0, 0.1) is 0 Å². The smallest absolute Gasteiger partial charge is 0.108 e. The van der Waals surface area contributed by atoms with E-state index in [0.29, 0.717) is 6.04 Å². The normalized spacial score (nSPS) is 11.2. The fraction of sp³-hybridized carbons (Fsp3) is 0.500. The molecule has 2 rings (SSSR count). The first-order valence-corrected chi connectivity index (χ1v) is 7.36. The second-order valence-corrected chi connectivity index (χ2v) is 5.41. The first-order valence-electron chi connectivity index (χ1n) is 7.36. The van der Waals surface area contributed by atoms with Crippen molar-refractivity contribution >= 4 is 0 Å². The first kappa shape index (κ1) is 14.7. The Morgan fingerprint density at radius 1 is 1.25 bits per heavy atom. The van der Waals surface area contributed by atoms with Gasteiger partial charge in [-0.2, -0.15) is 0 Å². The molecule has 0 atom stereocenters. The Balaban J connectivity index is 1.98. The van der Waals surface area contributed by atoms with E-state index in [1.165, 1.54) is 5.56 Å². The van der Waals surface area contributed by atoms with Crippen molar-refractivity contribution in [2.24, 2.45) is 0 Å². The lowest BCUT2D eigenvalue weighted by Gasteiger charge is -2.09. The number of aryl methyl sites for hydroxylation is 1. The molecule has 20 heavy (non-hydrogen) atoms. The van der Waals surface area contributed by atoms with Gasteiger partial charge < -0.3 is 9.88 Å². The van der Waals surface area contributed by atoms with E-state index >= 15 is 0 Å². The van der Waals surface area contributed by atoms with Crippen molar-refractivity contribution in [1.82, 2.24) is 19.9 Å². The Bertz CT molecular complexity index is 514. The molecular formula is C16H24N4. The summed E-state index contributed by atoms with van der Waals surface area (Å²) in [6.45, 7) is 8.14. The van der Waals surface area contributed by atoms with Gasteiger partial charge in [-0.3, -0.25) is 4.98 Å². The molecule has 0 saturated carbocycles. The highest BCUT2D eigenvalue weighted by atomic mass is 15.1. The van der Waals surface area contributed by atoms with Crippen LogP contribution in [-0.4, -0.2) is 20.6 Å². The molecule has 2 heterocycles. The molecule has 0 fully saturated rings. The molecule has 4 nitrogen and oxygen atoms in total. The molecule has 0 aliphatic carbocycles. The van der Waals surface area contributed by atoms with E-state index in [1.807, 2.05) is 18.6 Å². The summed E-state index contributed by atoms with van der Waals surface area (Å²) in [5.74, 6) is 1.14. The molecule has 0 spiro atoms. The van der Waals surface area contributed by atoms with Gasteiger partial charge in [0.15, 0.2) is 0 Å². The largest absolute Gasteiger partial charge is 0.329 e. The third-order valence-corrected chi connectivity index (χ3v) is 3.21. The van der Waals surface area contributed by atoms with Crippen LogP contribution in [0.1, 0.15) is 44.3 Å². The lowest BCUT2D eigenvalue weighted by molar-refractivity contribution is 0.587. The lowest BCUT2D eigenvalue weighted by Crippen LogP contribution is -2.21. The van der Waals surface area contributed by atoms with Crippen molar-refractivity contribution in [2.75, 3.05) is 0 Å². The van der Waals surface area contributed by atoms with Crippen molar-refractivity contribution in [1.29, 1.82) is 0 Å². The van der Waals surface area contributed by atoms with Gasteiger partial charge in [-0.15, -0.1) is 0 Å². The molecular weight excluding hydrogens is 248 g/mol. The van der Waals surface area contributed by atoms with E-state index in [4.69, 9.17) is 0 Å². The minimum atomic E-state index is 0.497. The number of pyridine rings is 1. The van der Waals surface area contributed by atoms with Crippen molar-refractivity contribution in [3.63, 3.8) is 0 Å². The van der Waals surface area contributed by atoms with E-state index < -0.39 is 0 Å². The van der Waals surface area contributed by atoms with Crippen molar-refractivity contribution in [2.45, 2.75) is 52.7 Å². The van der Waals surface area contributed by atoms with Crippen LogP contribution >= 0.6 is 0 Å². The van der Waals surface area contributed by atoms with Crippen LogP contribution in [0.5, 0.6) is 0 Å². The summed E-state index contributed by atoms with van der Waals surface area (Å²) in [6.07, 6.45) is 7.99. The van der Waals surface area contributed by atoms with E-state index in [-0.39, 0.29) is 0 Å². The van der Waals surface area contributed by atoms with Gasteiger partial charge in [0.2, 0.25) is 0 Å². The molecule has 0 aliphatic rings. The number of nitrogens with zero attached hydrogens (tertiary/aromatic N) is 3. The Kier molecular flexibility index (Phi) is 5.30. The minimum absolute atomic E-state index is 0.497. The Morgan fingerprint density at radius 2 is 2.10 bits per heavy atom. The summed E-state index contributed by atoms with van der Waals surface area (Å²) in [6, 6.07) is 4.75. The standard InChI is InChI=1S/C16H24N4/c1-4-5-16-17-8-9-20(16)12-15-7-6-14(11-19-15)10-18-13(2)3/h6-9,11,13,18H,4-5,10,12H2,1-3H3. The zero-order valence-corrected chi connectivity index (χ0v) is 12.6. The second-order valence-electron chi connectivity index (χ2n) is 5.41. The predicted molar refractivity (Wildman–Crippen MR) is 81.5 cm³/mol. The van der Waals surface area contributed by atoms with Crippen LogP contribution in [0.15, 0.2) is 30.7 Å². The number of rotatable bonds is 7. The van der Waals surface area contributed by atoms with E-state index in [1.54, 1.807) is 0 Å². The summed E-state index contributed by atoms with van der Waals surface area (Å²) in [5.41, 5.74) is 2.30. The van der Waals surface area contributed by atoms with Gasteiger partial charge in [0.25, 0.3) is 0 Å². The number of imidazole rings is 1. The molecule has 0 saturated heterocycles. The van der Waals surface area contributed by atoms with Crippen molar-refractivity contribution in [3.05, 3.63) is 47.8 Å². The van der Waals surface area contributed by atoms with Crippen molar-refractivity contribution < 1.29 is 0 Å². The molecule has 0 amide bonds. The maximum Gasteiger partial charge on any atom is 0.108 e. The van der Waals surface area contributed by atoms with Crippen LogP contribution in [0.2, 0.25) is 0 Å². The Hall–Kier alpha value is -1.68. The van der Waals surface area contributed by atoms with Gasteiger partial charge in [0.05, 0.1) is 12.2 Å². The SMILES string of the molecule is CCCc1nccn1Cc1ccc(CNC(C)C)cn1. The molecule has 108 valence electrons. The quantitative estimate of drug-likeness (QED) is 0.843. The van der Waals surface area contributed by atoms with Crippen LogP contribution in [0.4, 0.5) is 0 Å². The van der Waals surface area contributed by atoms with Gasteiger partial charge in [-0.05, 0) is 18.1 Å². The van der Waals surface area contributed by atoms with E-state index in [9.17, 15) is 0 Å². The highest BCUT2D eigenvalue weighted by Gasteiger charge is 2.04. The summed E-state index contributed by atoms with van der Waals surface area (Å²) >= 11 is 0. The average molecular weight is 272 g/mol. The van der Waals surface area contributed by atoms with E-state index in [2.05, 4.69) is 52.8 Å². The number of hydrogen-bond acceptors (Lipinski definition) is 3. The average Bonchev–Trinajstić information content (AvgIpc) is 2.86. The highest BCUT2D eigenvalue weighted by Crippen LogP contribution is 2.07. The first-order chi connectivity index (χ1) is 9.69. The van der Waals surface area contributed by atoms with Crippen LogP contribution < -0.4 is 5.32 Å². The molecule has 2 aromatic rings. The third-order valence-electron chi connectivity index (χ3n) is 3.21. The molecule has 0 aromatic carbocycles. The van der Waals surface area contributed by atoms with Crippen LogP contribution in [0.3, 0.4) is 0 Å². The fourth-order valence-electron chi connectivity index (χ4n) is 2.09. The van der Waals surface area contributed by atoms with Crippen molar-refractivity contribution in [3.8, 4) is 0 Å². The summed E-state index contributed by atoms with van der Waals surface area (Å²) in [7, 11) is 0. The Morgan fingerprint density at radius 3 is 2.75 bits per heavy atom. The highest BCUT2D eigenvalue weighted by molar-refractivity contribution is 5.15. The molecule has 0 aliphatic heterocycles. The molecule has 2 aromatic heterocycles. The maximum absolute atomic E-state index is 4.54. The zero-order valence-electron chi connectivity index (χ0n) is 12.6. The summed E-state index contributed by atoms with van der Waals surface area (Å²) in [4.78, 5) is 8.94. The van der Waals surface area contributed by atoms with Gasteiger partial charge in [0, 0.05) is 37.6 Å². The number of nitrogens with one attached hydrogen (secondary N) is 1.